The fraction of sp³-hybridized carbons (Fsp3) is 0.545. The third kappa shape index (κ3) is 2.94. The number of aliphatic hydroxyl groups is 3. The Kier molecular flexibility index (Phi) is 4.65. The lowest BCUT2D eigenvalue weighted by Crippen LogP contribution is -2.40. The Hall–Kier alpha value is -1.85. The molecule has 0 aliphatic carbocycles. The van der Waals surface area contributed by atoms with Gasteiger partial charge in [0.2, 0.25) is 0 Å². The lowest BCUT2D eigenvalue weighted by Gasteiger charge is -2.15. The minimum atomic E-state index is -1.47. The van der Waals surface area contributed by atoms with Crippen molar-refractivity contribution in [3.05, 3.63) is 32.6 Å². The molecular weight excluding hydrogens is 284 g/mol. The van der Waals surface area contributed by atoms with Crippen LogP contribution in [0.5, 0.6) is 0 Å². The third-order valence-corrected chi connectivity index (χ3v) is 3.05. The van der Waals surface area contributed by atoms with Gasteiger partial charge in [-0.2, -0.15) is 9.78 Å². The minimum Gasteiger partial charge on any atom is -0.394 e. The van der Waals surface area contributed by atoms with Crippen molar-refractivity contribution in [3.63, 3.8) is 0 Å². The number of H-pyrrole nitrogens is 1. The fourth-order valence-electron chi connectivity index (χ4n) is 1.97. The first-order valence-electron chi connectivity index (χ1n) is 6.21. The summed E-state index contributed by atoms with van der Waals surface area (Å²) in [5.41, 5.74) is 3.55. The first-order chi connectivity index (χ1) is 9.99. The summed E-state index contributed by atoms with van der Waals surface area (Å²) >= 11 is 0. The van der Waals surface area contributed by atoms with Crippen LogP contribution < -0.4 is 17.0 Å². The first kappa shape index (κ1) is 15.5. The molecule has 0 aromatic carbocycles. The standard InChI is InChI=1S/C11H16N4O6/c12-3-1-2-5-9(19)13-11(20)15(14-5)10-8(18)7(17)6(4-16)21-10/h1-2,6-8,10,16-18H,3-4,12H2,(H,13,19,20)/b2-1+/t6-,7-,8-,10-/m1/s1. The number of hydrogen-bond acceptors (Lipinski definition) is 8. The molecule has 10 heteroatoms. The van der Waals surface area contributed by atoms with E-state index in [0.29, 0.717) is 4.68 Å². The van der Waals surface area contributed by atoms with E-state index < -0.39 is 42.4 Å². The Morgan fingerprint density at radius 2 is 2.10 bits per heavy atom. The molecule has 1 aromatic rings. The lowest BCUT2D eigenvalue weighted by atomic mass is 10.1. The van der Waals surface area contributed by atoms with Gasteiger partial charge < -0.3 is 25.8 Å². The molecule has 0 bridgehead atoms. The number of aromatic amines is 1. The van der Waals surface area contributed by atoms with Crippen LogP contribution in [0.25, 0.3) is 6.08 Å². The summed E-state index contributed by atoms with van der Waals surface area (Å²) in [6.07, 6.45) is -2.42. The van der Waals surface area contributed by atoms with Crippen LogP contribution in [0.4, 0.5) is 0 Å². The summed E-state index contributed by atoms with van der Waals surface area (Å²) in [5.74, 6) is 0. The second-order valence-corrected chi connectivity index (χ2v) is 4.46. The SMILES string of the molecule is NC/C=C/c1nn([C@@H]2O[C@H](CO)[C@@H](O)[C@H]2O)c(=O)[nH]c1=O. The molecule has 0 saturated carbocycles. The smallest absolute Gasteiger partial charge is 0.347 e. The number of nitrogens with one attached hydrogen (secondary N) is 1. The molecule has 1 aliphatic rings. The van der Waals surface area contributed by atoms with Crippen LogP contribution in [-0.4, -0.2) is 61.5 Å². The monoisotopic (exact) mass is 300 g/mol. The largest absolute Gasteiger partial charge is 0.394 e. The van der Waals surface area contributed by atoms with E-state index >= 15 is 0 Å². The molecule has 1 aromatic heterocycles. The van der Waals surface area contributed by atoms with Crippen molar-refractivity contribution in [1.82, 2.24) is 14.8 Å². The van der Waals surface area contributed by atoms with Crippen molar-refractivity contribution in [2.24, 2.45) is 5.73 Å². The quantitative estimate of drug-likeness (QED) is 0.382. The second-order valence-electron chi connectivity index (χ2n) is 4.46. The maximum absolute atomic E-state index is 11.8. The van der Waals surface area contributed by atoms with Crippen LogP contribution in [0.15, 0.2) is 15.7 Å². The summed E-state index contributed by atoms with van der Waals surface area (Å²) in [7, 11) is 0. The molecule has 2 heterocycles. The Bertz CT molecular complexity index is 638. The summed E-state index contributed by atoms with van der Waals surface area (Å²) in [6, 6.07) is 0. The molecule has 2 rings (SSSR count). The van der Waals surface area contributed by atoms with Gasteiger partial charge in [0, 0.05) is 6.54 Å². The Morgan fingerprint density at radius 1 is 1.38 bits per heavy atom. The number of aromatic nitrogens is 3. The van der Waals surface area contributed by atoms with Gasteiger partial charge in [0.25, 0.3) is 5.56 Å². The average Bonchev–Trinajstić information content (AvgIpc) is 2.74. The summed E-state index contributed by atoms with van der Waals surface area (Å²) in [5, 5.41) is 32.3. The molecule has 0 unspecified atom stereocenters. The topological polar surface area (TPSA) is 164 Å². The van der Waals surface area contributed by atoms with Gasteiger partial charge in [0.1, 0.15) is 24.0 Å². The molecule has 1 saturated heterocycles. The summed E-state index contributed by atoms with van der Waals surface area (Å²) in [4.78, 5) is 25.3. The zero-order valence-electron chi connectivity index (χ0n) is 10.9. The van der Waals surface area contributed by atoms with Crippen molar-refractivity contribution in [2.75, 3.05) is 13.2 Å². The van der Waals surface area contributed by atoms with Gasteiger partial charge in [-0.05, 0) is 6.08 Å². The van der Waals surface area contributed by atoms with Crippen LogP contribution in [0.2, 0.25) is 0 Å². The summed E-state index contributed by atoms with van der Waals surface area (Å²) < 4.78 is 5.89. The molecular formula is C11H16N4O6. The molecule has 1 aliphatic heterocycles. The number of ether oxygens (including phenoxy) is 1. The van der Waals surface area contributed by atoms with E-state index in [2.05, 4.69) is 5.10 Å². The van der Waals surface area contributed by atoms with Crippen LogP contribution in [0.3, 0.4) is 0 Å². The van der Waals surface area contributed by atoms with Crippen molar-refractivity contribution in [3.8, 4) is 0 Å². The lowest BCUT2D eigenvalue weighted by molar-refractivity contribution is -0.0618. The maximum atomic E-state index is 11.8. The average molecular weight is 300 g/mol. The second kappa shape index (κ2) is 6.28. The zero-order chi connectivity index (χ0) is 15.6. The zero-order valence-corrected chi connectivity index (χ0v) is 10.9. The molecule has 116 valence electrons. The van der Waals surface area contributed by atoms with Gasteiger partial charge in [-0.3, -0.25) is 9.78 Å². The number of rotatable bonds is 4. The number of hydrogen-bond donors (Lipinski definition) is 5. The highest BCUT2D eigenvalue weighted by atomic mass is 16.6. The van der Waals surface area contributed by atoms with Crippen molar-refractivity contribution >= 4 is 6.08 Å². The van der Waals surface area contributed by atoms with E-state index in [4.69, 9.17) is 15.6 Å². The van der Waals surface area contributed by atoms with Gasteiger partial charge in [0.05, 0.1) is 6.61 Å². The van der Waals surface area contributed by atoms with Gasteiger partial charge in [-0.15, -0.1) is 0 Å². The number of nitrogens with two attached hydrogens (primary N) is 1. The molecule has 0 radical (unpaired) electrons. The van der Waals surface area contributed by atoms with Crippen molar-refractivity contribution in [1.29, 1.82) is 0 Å². The first-order valence-corrected chi connectivity index (χ1v) is 6.21. The number of aliphatic hydroxyl groups excluding tert-OH is 3. The van der Waals surface area contributed by atoms with Gasteiger partial charge in [0.15, 0.2) is 6.23 Å². The van der Waals surface area contributed by atoms with E-state index in [0.717, 1.165) is 0 Å². The van der Waals surface area contributed by atoms with Crippen LogP contribution in [0.1, 0.15) is 11.9 Å². The molecule has 4 atom stereocenters. The van der Waals surface area contributed by atoms with E-state index in [9.17, 15) is 19.8 Å². The van der Waals surface area contributed by atoms with E-state index in [1.54, 1.807) is 0 Å². The molecule has 0 spiro atoms. The van der Waals surface area contributed by atoms with Crippen molar-refractivity contribution in [2.45, 2.75) is 24.5 Å². The Morgan fingerprint density at radius 3 is 2.67 bits per heavy atom. The van der Waals surface area contributed by atoms with Crippen LogP contribution in [-0.2, 0) is 4.74 Å². The summed E-state index contributed by atoms with van der Waals surface area (Å²) in [6.45, 7) is -0.360. The predicted molar refractivity (Wildman–Crippen MR) is 70.2 cm³/mol. The van der Waals surface area contributed by atoms with Crippen molar-refractivity contribution < 1.29 is 20.1 Å². The molecule has 10 nitrogen and oxygen atoms in total. The minimum absolute atomic E-state index is 0.0993. The van der Waals surface area contributed by atoms with E-state index in [-0.39, 0.29) is 12.2 Å². The van der Waals surface area contributed by atoms with Crippen LogP contribution >= 0.6 is 0 Å². The molecule has 6 N–H and O–H groups in total. The Balaban J connectivity index is 2.42. The highest BCUT2D eigenvalue weighted by Gasteiger charge is 2.44. The Labute approximate surface area is 118 Å². The van der Waals surface area contributed by atoms with Gasteiger partial charge in [-0.1, -0.05) is 6.08 Å². The molecule has 21 heavy (non-hydrogen) atoms. The fourth-order valence-corrected chi connectivity index (χ4v) is 1.97. The van der Waals surface area contributed by atoms with E-state index in [1.165, 1.54) is 12.2 Å². The van der Waals surface area contributed by atoms with Gasteiger partial charge >= 0.3 is 5.69 Å². The highest BCUT2D eigenvalue weighted by Crippen LogP contribution is 2.27. The molecule has 0 amide bonds. The van der Waals surface area contributed by atoms with Crippen LogP contribution in [0, 0.1) is 0 Å². The predicted octanol–water partition coefficient (Wildman–Crippen LogP) is -3.48. The van der Waals surface area contributed by atoms with Gasteiger partial charge in [-0.25, -0.2) is 4.79 Å². The normalized spacial score (nSPS) is 29.3. The highest BCUT2D eigenvalue weighted by molar-refractivity contribution is 5.42. The molecule has 1 fully saturated rings. The van der Waals surface area contributed by atoms with E-state index in [1.807, 2.05) is 4.98 Å². The number of nitrogens with zero attached hydrogens (tertiary/aromatic N) is 2. The maximum Gasteiger partial charge on any atom is 0.347 e. The third-order valence-electron chi connectivity index (χ3n) is 3.05.